The highest BCUT2D eigenvalue weighted by Crippen LogP contribution is 2.23. The second-order valence-corrected chi connectivity index (χ2v) is 8.01. The average molecular weight is 437 g/mol. The summed E-state index contributed by atoms with van der Waals surface area (Å²) in [5.41, 5.74) is 1.03. The molecule has 0 radical (unpaired) electrons. The molecule has 26 heavy (non-hydrogen) atoms. The van der Waals surface area contributed by atoms with Crippen LogP contribution in [0.3, 0.4) is 0 Å². The minimum Gasteiger partial charge on any atom is -0.263 e. The number of halogens is 1. The van der Waals surface area contributed by atoms with Crippen molar-refractivity contribution in [3.8, 4) is 5.69 Å². The molecule has 0 aliphatic carbocycles. The monoisotopic (exact) mass is 436 g/mol. The molecule has 0 fully saturated rings. The molecule has 1 heterocycles. The lowest BCUT2D eigenvalue weighted by atomic mass is 10.3. The zero-order valence-electron chi connectivity index (χ0n) is 13.5. The fraction of sp³-hybridized carbons (Fsp3) is 0.0625. The molecule has 0 unspecified atom stereocenters. The van der Waals surface area contributed by atoms with Crippen LogP contribution >= 0.6 is 15.9 Å². The summed E-state index contributed by atoms with van der Waals surface area (Å²) in [5, 5.41) is 15.0. The van der Waals surface area contributed by atoms with Crippen LogP contribution in [0.15, 0.2) is 64.0 Å². The standard InChI is InChI=1S/C16H13BrN4O4S/c1-11-10-16(19-26(24,25)15-8-2-12(17)3-9-15)20(18-11)13-4-6-14(7-5-13)21(22)23/h2-10,19H,1H3. The predicted octanol–water partition coefficient (Wildman–Crippen LogP) is 3.65. The van der Waals surface area contributed by atoms with E-state index in [1.54, 1.807) is 25.1 Å². The molecular formula is C16H13BrN4O4S. The van der Waals surface area contributed by atoms with E-state index in [-0.39, 0.29) is 16.4 Å². The molecular weight excluding hydrogens is 424 g/mol. The van der Waals surface area contributed by atoms with Crippen LogP contribution in [-0.4, -0.2) is 23.1 Å². The Kier molecular flexibility index (Phi) is 4.79. The average Bonchev–Trinajstić information content (AvgIpc) is 2.95. The third-order valence-electron chi connectivity index (χ3n) is 3.50. The van der Waals surface area contributed by atoms with Gasteiger partial charge in [0.25, 0.3) is 15.7 Å². The lowest BCUT2D eigenvalue weighted by Gasteiger charge is -2.10. The van der Waals surface area contributed by atoms with Gasteiger partial charge in [-0.2, -0.15) is 5.10 Å². The van der Waals surface area contributed by atoms with Gasteiger partial charge in [-0.25, -0.2) is 13.1 Å². The van der Waals surface area contributed by atoms with E-state index in [1.165, 1.54) is 41.1 Å². The Morgan fingerprint density at radius 1 is 1.12 bits per heavy atom. The Bertz CT molecular complexity index is 1060. The third kappa shape index (κ3) is 3.75. The van der Waals surface area contributed by atoms with Gasteiger partial charge in [-0.05, 0) is 43.3 Å². The van der Waals surface area contributed by atoms with Crippen molar-refractivity contribution < 1.29 is 13.3 Å². The molecule has 0 saturated carbocycles. The fourth-order valence-corrected chi connectivity index (χ4v) is 3.59. The number of hydrogen-bond donors (Lipinski definition) is 1. The van der Waals surface area contributed by atoms with Crippen molar-refractivity contribution in [3.63, 3.8) is 0 Å². The molecule has 0 aliphatic rings. The number of aryl methyl sites for hydroxylation is 1. The van der Waals surface area contributed by atoms with Crippen molar-refractivity contribution in [2.45, 2.75) is 11.8 Å². The lowest BCUT2D eigenvalue weighted by molar-refractivity contribution is -0.384. The largest absolute Gasteiger partial charge is 0.269 e. The Morgan fingerprint density at radius 3 is 2.31 bits per heavy atom. The van der Waals surface area contributed by atoms with Crippen molar-refractivity contribution in [3.05, 3.63) is 74.9 Å². The molecule has 0 aliphatic heterocycles. The van der Waals surface area contributed by atoms with Crippen LogP contribution in [-0.2, 0) is 10.0 Å². The number of nitrogens with zero attached hydrogens (tertiary/aromatic N) is 3. The van der Waals surface area contributed by atoms with Crippen LogP contribution in [0.5, 0.6) is 0 Å². The van der Waals surface area contributed by atoms with Crippen LogP contribution < -0.4 is 4.72 Å². The van der Waals surface area contributed by atoms with Crippen LogP contribution in [0.1, 0.15) is 5.69 Å². The predicted molar refractivity (Wildman–Crippen MR) is 99.9 cm³/mol. The highest BCUT2D eigenvalue weighted by Gasteiger charge is 2.18. The molecule has 8 nitrogen and oxygen atoms in total. The molecule has 0 spiro atoms. The van der Waals surface area contributed by atoms with Gasteiger partial charge in [0.05, 0.1) is 21.2 Å². The van der Waals surface area contributed by atoms with Crippen molar-refractivity contribution in [2.75, 3.05) is 4.72 Å². The number of nitro groups is 1. The number of benzene rings is 2. The van der Waals surface area contributed by atoms with E-state index in [0.29, 0.717) is 11.4 Å². The van der Waals surface area contributed by atoms with E-state index >= 15 is 0 Å². The zero-order valence-corrected chi connectivity index (χ0v) is 15.9. The van der Waals surface area contributed by atoms with Crippen LogP contribution in [0, 0.1) is 17.0 Å². The first kappa shape index (κ1) is 18.1. The third-order valence-corrected chi connectivity index (χ3v) is 5.40. The topological polar surface area (TPSA) is 107 Å². The van der Waals surface area contributed by atoms with E-state index in [4.69, 9.17) is 0 Å². The first-order valence-electron chi connectivity index (χ1n) is 7.36. The lowest BCUT2D eigenvalue weighted by Crippen LogP contribution is -2.15. The number of rotatable bonds is 5. The number of non-ortho nitro benzene ring substituents is 1. The van der Waals surface area contributed by atoms with Gasteiger partial charge in [0, 0.05) is 22.7 Å². The van der Waals surface area contributed by atoms with Gasteiger partial charge in [0.2, 0.25) is 0 Å². The van der Waals surface area contributed by atoms with Crippen molar-refractivity contribution in [1.29, 1.82) is 0 Å². The number of aromatic nitrogens is 2. The molecule has 0 saturated heterocycles. The Labute approximate surface area is 157 Å². The maximum atomic E-state index is 12.6. The fourth-order valence-electron chi connectivity index (χ4n) is 2.29. The van der Waals surface area contributed by atoms with E-state index in [9.17, 15) is 18.5 Å². The van der Waals surface area contributed by atoms with E-state index < -0.39 is 14.9 Å². The molecule has 0 bridgehead atoms. The van der Waals surface area contributed by atoms with Gasteiger partial charge >= 0.3 is 0 Å². The first-order valence-corrected chi connectivity index (χ1v) is 9.64. The number of anilines is 1. The highest BCUT2D eigenvalue weighted by molar-refractivity contribution is 9.10. The highest BCUT2D eigenvalue weighted by atomic mass is 79.9. The summed E-state index contributed by atoms with van der Waals surface area (Å²) in [7, 11) is -3.81. The van der Waals surface area contributed by atoms with Gasteiger partial charge in [-0.1, -0.05) is 15.9 Å². The van der Waals surface area contributed by atoms with Crippen molar-refractivity contribution in [2.24, 2.45) is 0 Å². The molecule has 1 aromatic heterocycles. The Hall–Kier alpha value is -2.72. The molecule has 3 aromatic rings. The Balaban J connectivity index is 1.96. The Morgan fingerprint density at radius 2 is 1.73 bits per heavy atom. The summed E-state index contributed by atoms with van der Waals surface area (Å²) in [4.78, 5) is 10.4. The van der Waals surface area contributed by atoms with Crippen molar-refractivity contribution >= 4 is 37.5 Å². The first-order chi connectivity index (χ1) is 12.3. The van der Waals surface area contributed by atoms with Gasteiger partial charge in [-0.3, -0.25) is 14.8 Å². The molecule has 134 valence electrons. The summed E-state index contributed by atoms with van der Waals surface area (Å²) in [6.07, 6.45) is 0. The summed E-state index contributed by atoms with van der Waals surface area (Å²) in [6.45, 7) is 1.72. The maximum absolute atomic E-state index is 12.6. The summed E-state index contributed by atoms with van der Waals surface area (Å²) in [5.74, 6) is 0.235. The van der Waals surface area contributed by atoms with E-state index in [2.05, 4.69) is 25.8 Å². The quantitative estimate of drug-likeness (QED) is 0.484. The second kappa shape index (κ2) is 6.89. The molecule has 0 amide bonds. The molecule has 2 aromatic carbocycles. The second-order valence-electron chi connectivity index (χ2n) is 5.42. The van der Waals surface area contributed by atoms with Crippen LogP contribution in [0.4, 0.5) is 11.5 Å². The van der Waals surface area contributed by atoms with Gasteiger partial charge < -0.3 is 0 Å². The zero-order chi connectivity index (χ0) is 18.9. The summed E-state index contributed by atoms with van der Waals surface area (Å²) >= 11 is 3.26. The maximum Gasteiger partial charge on any atom is 0.269 e. The van der Waals surface area contributed by atoms with Crippen LogP contribution in [0.25, 0.3) is 5.69 Å². The molecule has 0 atom stereocenters. The van der Waals surface area contributed by atoms with Gasteiger partial charge in [-0.15, -0.1) is 0 Å². The van der Waals surface area contributed by atoms with Gasteiger partial charge in [0.1, 0.15) is 5.82 Å². The summed E-state index contributed by atoms with van der Waals surface area (Å²) < 4.78 is 29.8. The number of sulfonamides is 1. The van der Waals surface area contributed by atoms with E-state index in [0.717, 1.165) is 4.47 Å². The number of nitro benzene ring substituents is 1. The van der Waals surface area contributed by atoms with Crippen LogP contribution in [0.2, 0.25) is 0 Å². The molecule has 3 rings (SSSR count). The van der Waals surface area contributed by atoms with Crippen molar-refractivity contribution in [1.82, 2.24) is 9.78 Å². The molecule has 10 heteroatoms. The van der Waals surface area contributed by atoms with Gasteiger partial charge in [0.15, 0.2) is 0 Å². The minimum atomic E-state index is -3.81. The summed E-state index contributed by atoms with van der Waals surface area (Å²) in [6, 6.07) is 13.5. The molecule has 1 N–H and O–H groups in total. The van der Waals surface area contributed by atoms with E-state index in [1.807, 2.05) is 0 Å². The SMILES string of the molecule is Cc1cc(NS(=O)(=O)c2ccc(Br)cc2)n(-c2ccc([N+](=O)[O-])cc2)n1. The minimum absolute atomic E-state index is 0.0605. The smallest absolute Gasteiger partial charge is 0.263 e. The number of hydrogen-bond acceptors (Lipinski definition) is 5. The normalized spacial score (nSPS) is 11.3. The number of nitrogens with one attached hydrogen (secondary N) is 1.